The molecule has 1 unspecified atom stereocenters. The molecule has 1 atom stereocenters. The van der Waals surface area contributed by atoms with Gasteiger partial charge in [0.25, 0.3) is 5.91 Å². The number of aromatic nitrogens is 1. The van der Waals surface area contributed by atoms with Crippen molar-refractivity contribution in [3.63, 3.8) is 0 Å². The zero-order chi connectivity index (χ0) is 21.1. The SMILES string of the molecule is O=C(c1cnc2ccccc2c1)N1CCC2(CCCN(CCCc3ccccc3)C2)C1. The molecule has 2 aromatic carbocycles. The van der Waals surface area contributed by atoms with Gasteiger partial charge >= 0.3 is 0 Å². The molecule has 2 aliphatic heterocycles. The van der Waals surface area contributed by atoms with Crippen molar-refractivity contribution in [3.8, 4) is 0 Å². The fourth-order valence-electron chi connectivity index (χ4n) is 5.46. The molecule has 5 rings (SSSR count). The van der Waals surface area contributed by atoms with E-state index in [4.69, 9.17) is 0 Å². The second-order valence-electron chi connectivity index (χ2n) is 9.36. The Morgan fingerprint density at radius 1 is 0.968 bits per heavy atom. The van der Waals surface area contributed by atoms with Crippen molar-refractivity contribution >= 4 is 16.8 Å². The first-order chi connectivity index (χ1) is 15.2. The number of rotatable bonds is 5. The average molecular weight is 414 g/mol. The van der Waals surface area contributed by atoms with Crippen LogP contribution in [0.3, 0.4) is 0 Å². The van der Waals surface area contributed by atoms with Gasteiger partial charge in [-0.05, 0) is 62.9 Å². The summed E-state index contributed by atoms with van der Waals surface area (Å²) in [6.45, 7) is 5.22. The van der Waals surface area contributed by atoms with Crippen LogP contribution in [0.4, 0.5) is 0 Å². The molecule has 1 aromatic heterocycles. The van der Waals surface area contributed by atoms with Crippen molar-refractivity contribution in [3.05, 3.63) is 78.0 Å². The first-order valence-corrected chi connectivity index (χ1v) is 11.6. The van der Waals surface area contributed by atoms with Crippen molar-refractivity contribution in [2.75, 3.05) is 32.7 Å². The Bertz CT molecular complexity index is 1050. The van der Waals surface area contributed by atoms with E-state index in [1.54, 1.807) is 6.20 Å². The smallest absolute Gasteiger partial charge is 0.255 e. The van der Waals surface area contributed by atoms with Gasteiger partial charge in [-0.25, -0.2) is 0 Å². The van der Waals surface area contributed by atoms with Gasteiger partial charge < -0.3 is 9.80 Å². The van der Waals surface area contributed by atoms with E-state index >= 15 is 0 Å². The lowest BCUT2D eigenvalue weighted by Crippen LogP contribution is -2.45. The third-order valence-corrected chi connectivity index (χ3v) is 7.09. The minimum Gasteiger partial charge on any atom is -0.338 e. The van der Waals surface area contributed by atoms with Gasteiger partial charge in [0.15, 0.2) is 0 Å². The van der Waals surface area contributed by atoms with E-state index < -0.39 is 0 Å². The normalized spacial score (nSPS) is 21.7. The van der Waals surface area contributed by atoms with Gasteiger partial charge in [0, 0.05) is 36.6 Å². The number of amides is 1. The predicted molar refractivity (Wildman–Crippen MR) is 125 cm³/mol. The second kappa shape index (κ2) is 8.80. The van der Waals surface area contributed by atoms with Crippen LogP contribution < -0.4 is 0 Å². The van der Waals surface area contributed by atoms with Crippen molar-refractivity contribution in [2.45, 2.75) is 32.1 Å². The summed E-state index contributed by atoms with van der Waals surface area (Å²) in [6, 6.07) is 20.8. The summed E-state index contributed by atoms with van der Waals surface area (Å²) in [5, 5.41) is 1.03. The summed E-state index contributed by atoms with van der Waals surface area (Å²) in [5.74, 6) is 0.135. The predicted octanol–water partition coefficient (Wildman–Crippen LogP) is 4.80. The van der Waals surface area contributed by atoms with E-state index in [1.165, 1.54) is 31.4 Å². The van der Waals surface area contributed by atoms with Gasteiger partial charge in [-0.15, -0.1) is 0 Å². The number of likely N-dealkylation sites (tertiary alicyclic amines) is 2. The third kappa shape index (κ3) is 4.49. The van der Waals surface area contributed by atoms with Crippen LogP contribution in [0.5, 0.6) is 0 Å². The number of nitrogens with zero attached hydrogens (tertiary/aromatic N) is 3. The minimum atomic E-state index is 0.135. The molecule has 31 heavy (non-hydrogen) atoms. The highest BCUT2D eigenvalue weighted by molar-refractivity contribution is 5.97. The number of para-hydroxylation sites is 1. The Hall–Kier alpha value is -2.72. The van der Waals surface area contributed by atoms with Crippen LogP contribution >= 0.6 is 0 Å². The fraction of sp³-hybridized carbons (Fsp3) is 0.407. The highest BCUT2D eigenvalue weighted by Gasteiger charge is 2.42. The van der Waals surface area contributed by atoms with Crippen LogP contribution in [0, 0.1) is 5.41 Å². The van der Waals surface area contributed by atoms with Crippen LogP contribution in [-0.2, 0) is 6.42 Å². The molecular formula is C27H31N3O. The lowest BCUT2D eigenvalue weighted by atomic mass is 9.79. The average Bonchev–Trinajstić information content (AvgIpc) is 3.22. The zero-order valence-electron chi connectivity index (χ0n) is 18.2. The molecule has 0 N–H and O–H groups in total. The molecule has 0 radical (unpaired) electrons. The molecular weight excluding hydrogens is 382 g/mol. The molecule has 2 aliphatic rings. The summed E-state index contributed by atoms with van der Waals surface area (Å²) in [4.78, 5) is 22.4. The van der Waals surface area contributed by atoms with Crippen LogP contribution in [0.25, 0.3) is 10.9 Å². The highest BCUT2D eigenvalue weighted by Crippen LogP contribution is 2.39. The maximum atomic E-state index is 13.2. The van der Waals surface area contributed by atoms with E-state index in [0.29, 0.717) is 5.56 Å². The minimum absolute atomic E-state index is 0.135. The first kappa shape index (κ1) is 20.2. The Morgan fingerprint density at radius 2 is 1.81 bits per heavy atom. The second-order valence-corrected chi connectivity index (χ2v) is 9.36. The number of piperidine rings is 1. The van der Waals surface area contributed by atoms with Crippen molar-refractivity contribution in [2.24, 2.45) is 5.41 Å². The topological polar surface area (TPSA) is 36.4 Å². The number of carbonyl (C=O) groups is 1. The van der Waals surface area contributed by atoms with E-state index in [1.807, 2.05) is 30.3 Å². The highest BCUT2D eigenvalue weighted by atomic mass is 16.2. The van der Waals surface area contributed by atoms with Crippen LogP contribution in [-0.4, -0.2) is 53.4 Å². The van der Waals surface area contributed by atoms with Crippen molar-refractivity contribution in [1.82, 2.24) is 14.8 Å². The number of benzene rings is 2. The maximum Gasteiger partial charge on any atom is 0.255 e. The van der Waals surface area contributed by atoms with Crippen molar-refractivity contribution < 1.29 is 4.79 Å². The molecule has 1 amide bonds. The molecule has 2 saturated heterocycles. The Morgan fingerprint density at radius 3 is 2.71 bits per heavy atom. The largest absolute Gasteiger partial charge is 0.338 e. The molecule has 3 heterocycles. The third-order valence-electron chi connectivity index (χ3n) is 7.09. The lowest BCUT2D eigenvalue weighted by Gasteiger charge is -2.40. The van der Waals surface area contributed by atoms with Gasteiger partial charge in [-0.2, -0.15) is 0 Å². The summed E-state index contributed by atoms with van der Waals surface area (Å²) in [5.41, 5.74) is 3.35. The van der Waals surface area contributed by atoms with E-state index in [9.17, 15) is 4.79 Å². The number of hydrogen-bond donors (Lipinski definition) is 0. The Kier molecular flexibility index (Phi) is 5.73. The number of aryl methyl sites for hydroxylation is 1. The maximum absolute atomic E-state index is 13.2. The molecule has 4 heteroatoms. The molecule has 1 spiro atoms. The summed E-state index contributed by atoms with van der Waals surface area (Å²) < 4.78 is 0. The summed E-state index contributed by atoms with van der Waals surface area (Å²) >= 11 is 0. The van der Waals surface area contributed by atoms with Crippen molar-refractivity contribution in [1.29, 1.82) is 0 Å². The number of fused-ring (bicyclic) bond motifs is 1. The fourth-order valence-corrected chi connectivity index (χ4v) is 5.46. The monoisotopic (exact) mass is 413 g/mol. The molecule has 2 fully saturated rings. The van der Waals surface area contributed by atoms with Gasteiger partial charge in [-0.1, -0.05) is 48.5 Å². The molecule has 0 aliphatic carbocycles. The van der Waals surface area contributed by atoms with E-state index in [2.05, 4.69) is 45.1 Å². The Balaban J connectivity index is 1.19. The molecule has 4 nitrogen and oxygen atoms in total. The molecule has 0 bridgehead atoms. The first-order valence-electron chi connectivity index (χ1n) is 11.6. The van der Waals surface area contributed by atoms with E-state index in [-0.39, 0.29) is 11.3 Å². The molecule has 0 saturated carbocycles. The van der Waals surface area contributed by atoms with Gasteiger partial charge in [0.05, 0.1) is 11.1 Å². The van der Waals surface area contributed by atoms with E-state index in [0.717, 1.165) is 49.9 Å². The lowest BCUT2D eigenvalue weighted by molar-refractivity contribution is 0.0688. The zero-order valence-corrected chi connectivity index (χ0v) is 18.2. The number of hydrogen-bond acceptors (Lipinski definition) is 3. The number of pyridine rings is 1. The van der Waals surface area contributed by atoms with Gasteiger partial charge in [0.2, 0.25) is 0 Å². The quantitative estimate of drug-likeness (QED) is 0.603. The summed E-state index contributed by atoms with van der Waals surface area (Å²) in [7, 11) is 0. The van der Waals surface area contributed by atoms with Crippen LogP contribution in [0.1, 0.15) is 41.6 Å². The standard InChI is InChI=1S/C27H31N3O/c31-26(24-18-23-11-4-5-12-25(23)28-19-24)30-17-14-27(21-30)13-7-16-29(20-27)15-6-10-22-8-2-1-3-9-22/h1-5,8-9,11-12,18-19H,6-7,10,13-17,20-21H2. The summed E-state index contributed by atoms with van der Waals surface area (Å²) in [6.07, 6.45) is 7.68. The molecule has 160 valence electrons. The number of carbonyl (C=O) groups excluding carboxylic acids is 1. The van der Waals surface area contributed by atoms with Crippen LogP contribution in [0.15, 0.2) is 66.9 Å². The Labute approximate surface area is 184 Å². The van der Waals surface area contributed by atoms with Gasteiger partial charge in [-0.3, -0.25) is 9.78 Å². The molecule has 3 aromatic rings. The van der Waals surface area contributed by atoms with Crippen LogP contribution in [0.2, 0.25) is 0 Å². The van der Waals surface area contributed by atoms with Gasteiger partial charge in [0.1, 0.15) is 0 Å².